The molecule has 0 saturated carbocycles. The molecule has 9 nitrogen and oxygen atoms in total. The summed E-state index contributed by atoms with van der Waals surface area (Å²) in [6, 6.07) is 5.61. The van der Waals surface area contributed by atoms with Gasteiger partial charge in [0.25, 0.3) is 0 Å². The Bertz CT molecular complexity index is 1360. The van der Waals surface area contributed by atoms with E-state index in [1.807, 2.05) is 31.4 Å². The van der Waals surface area contributed by atoms with Crippen LogP contribution in [0.4, 0.5) is 17.2 Å². The molecule has 0 saturated heterocycles. The van der Waals surface area contributed by atoms with Crippen LogP contribution in [0, 0.1) is 5.92 Å². The van der Waals surface area contributed by atoms with Crippen molar-refractivity contribution in [3.63, 3.8) is 0 Å². The van der Waals surface area contributed by atoms with Gasteiger partial charge in [0, 0.05) is 47.5 Å². The van der Waals surface area contributed by atoms with Crippen LogP contribution in [0.5, 0.6) is 0 Å². The molecule has 1 atom stereocenters. The maximum atomic E-state index is 12.8. The van der Waals surface area contributed by atoms with E-state index in [0.717, 1.165) is 45.7 Å². The number of carbonyl (C=O) groups is 1. The van der Waals surface area contributed by atoms with Crippen molar-refractivity contribution >= 4 is 50.9 Å². The number of hydrogen-bond donors (Lipinski definition) is 4. The minimum Gasteiger partial charge on any atom is -0.398 e. The lowest BCUT2D eigenvalue weighted by molar-refractivity contribution is -0.125. The molecule has 0 spiro atoms. The number of nitrogens with zero attached hydrogens (tertiary/aromatic N) is 4. The lowest BCUT2D eigenvalue weighted by Gasteiger charge is -2.21. The molecule has 1 aliphatic rings. The van der Waals surface area contributed by atoms with Crippen molar-refractivity contribution in [2.75, 3.05) is 11.1 Å². The van der Waals surface area contributed by atoms with Crippen LogP contribution in [0.3, 0.4) is 0 Å². The molecule has 1 unspecified atom stereocenters. The van der Waals surface area contributed by atoms with Crippen LogP contribution >= 0.6 is 11.3 Å². The summed E-state index contributed by atoms with van der Waals surface area (Å²) in [4.78, 5) is 23.9. The summed E-state index contributed by atoms with van der Waals surface area (Å²) in [5.41, 5.74) is 10.4. The molecule has 1 amide bonds. The number of aryl methyl sites for hydroxylation is 2. The van der Waals surface area contributed by atoms with Crippen molar-refractivity contribution in [1.82, 2.24) is 25.1 Å². The molecule has 168 valence electrons. The number of hydrogen-bond acceptors (Lipinski definition) is 7. The van der Waals surface area contributed by atoms with E-state index < -0.39 is 0 Å². The number of thiophene rings is 1. The van der Waals surface area contributed by atoms with Crippen LogP contribution in [0.1, 0.15) is 28.0 Å². The Balaban J connectivity index is 1.36. The molecule has 1 aromatic carbocycles. The Labute approximate surface area is 194 Å². The molecule has 5 rings (SSSR count). The molecule has 0 fully saturated rings. The van der Waals surface area contributed by atoms with Gasteiger partial charge in [-0.25, -0.2) is 9.97 Å². The van der Waals surface area contributed by atoms with Gasteiger partial charge in [-0.05, 0) is 43.0 Å². The molecule has 0 bridgehead atoms. The van der Waals surface area contributed by atoms with Crippen molar-refractivity contribution < 1.29 is 10.2 Å². The number of fused-ring (bicyclic) bond motifs is 3. The zero-order chi connectivity index (χ0) is 22.9. The lowest BCUT2D eigenvalue weighted by Crippen LogP contribution is -2.33. The number of aromatic nitrogens is 4. The summed E-state index contributed by atoms with van der Waals surface area (Å²) in [6.07, 6.45) is 9.05. The van der Waals surface area contributed by atoms with Crippen molar-refractivity contribution in [3.05, 3.63) is 58.5 Å². The van der Waals surface area contributed by atoms with Gasteiger partial charge in [0.2, 0.25) is 5.91 Å². The first-order valence-electron chi connectivity index (χ1n) is 10.7. The van der Waals surface area contributed by atoms with Crippen molar-refractivity contribution in [3.8, 4) is 0 Å². The molecule has 1 aliphatic carbocycles. The standard InChI is InChI=1S/C23H24N8OS/c1-31-11-13(10-29-31)9-26-22(32)14-2-4-17-19(7-14)33-23-20(17)21(27-12-28-23)30-16-3-5-18(25)15(6-16)8-24/h3,5-6,8,10-12,14,24H,2,4,7,9,25H2,1H3,(H,26,32)(H,27,28,30)/p+1. The van der Waals surface area contributed by atoms with Crippen LogP contribution in [-0.4, -0.2) is 31.9 Å². The fourth-order valence-corrected chi connectivity index (χ4v) is 5.53. The van der Waals surface area contributed by atoms with Crippen molar-refractivity contribution in [2.45, 2.75) is 25.8 Å². The van der Waals surface area contributed by atoms with Gasteiger partial charge in [-0.1, -0.05) is 0 Å². The van der Waals surface area contributed by atoms with Gasteiger partial charge in [-0.2, -0.15) is 5.10 Å². The first-order chi connectivity index (χ1) is 16.0. The molecule has 6 N–H and O–H groups in total. The second-order valence-corrected chi connectivity index (χ2v) is 9.30. The van der Waals surface area contributed by atoms with Crippen LogP contribution < -0.4 is 21.8 Å². The minimum absolute atomic E-state index is 0.0497. The number of rotatable bonds is 6. The maximum absolute atomic E-state index is 12.8. The van der Waals surface area contributed by atoms with Gasteiger partial charge in [0.15, 0.2) is 6.21 Å². The quantitative estimate of drug-likeness (QED) is 0.253. The molecular formula is C23H25N8OS+. The summed E-state index contributed by atoms with van der Waals surface area (Å²) >= 11 is 1.64. The zero-order valence-corrected chi connectivity index (χ0v) is 19.0. The molecule has 10 heteroatoms. The number of nitrogens with two attached hydrogens (primary N) is 2. The maximum Gasteiger partial charge on any atom is 0.223 e. The third-order valence-electron chi connectivity index (χ3n) is 5.97. The number of amides is 1. The zero-order valence-electron chi connectivity index (χ0n) is 18.2. The molecular weight excluding hydrogens is 436 g/mol. The largest absolute Gasteiger partial charge is 0.398 e. The van der Waals surface area contributed by atoms with E-state index in [-0.39, 0.29) is 11.8 Å². The summed E-state index contributed by atoms with van der Waals surface area (Å²) < 4.78 is 1.73. The van der Waals surface area contributed by atoms with Gasteiger partial charge in [0.1, 0.15) is 17.0 Å². The second-order valence-electron chi connectivity index (χ2n) is 8.22. The highest BCUT2D eigenvalue weighted by Gasteiger charge is 2.29. The monoisotopic (exact) mass is 461 g/mol. The number of nitrogen functional groups attached to an aromatic ring is 1. The highest BCUT2D eigenvalue weighted by atomic mass is 32.1. The number of anilines is 3. The first kappa shape index (κ1) is 21.1. The van der Waals surface area contributed by atoms with E-state index in [4.69, 9.17) is 11.1 Å². The van der Waals surface area contributed by atoms with E-state index in [2.05, 4.69) is 25.7 Å². The van der Waals surface area contributed by atoms with Gasteiger partial charge in [-0.15, -0.1) is 11.3 Å². The number of nitrogens with one attached hydrogen (secondary N) is 2. The van der Waals surface area contributed by atoms with Crippen LogP contribution in [0.25, 0.3) is 10.2 Å². The van der Waals surface area contributed by atoms with Crippen molar-refractivity contribution in [2.24, 2.45) is 13.0 Å². The smallest absolute Gasteiger partial charge is 0.223 e. The third kappa shape index (κ3) is 4.17. The molecule has 0 aliphatic heterocycles. The van der Waals surface area contributed by atoms with E-state index >= 15 is 0 Å². The van der Waals surface area contributed by atoms with Crippen LogP contribution in [0.2, 0.25) is 0 Å². The Morgan fingerprint density at radius 2 is 2.27 bits per heavy atom. The van der Waals surface area contributed by atoms with Gasteiger partial charge >= 0.3 is 0 Å². The van der Waals surface area contributed by atoms with E-state index in [0.29, 0.717) is 18.7 Å². The Hall–Kier alpha value is -3.79. The second kappa shape index (κ2) is 8.62. The van der Waals surface area contributed by atoms with Crippen LogP contribution in [0.15, 0.2) is 36.9 Å². The fraction of sp³-hybridized carbons (Fsp3) is 0.261. The Morgan fingerprint density at radius 1 is 1.39 bits per heavy atom. The van der Waals surface area contributed by atoms with Crippen molar-refractivity contribution in [1.29, 1.82) is 0 Å². The highest BCUT2D eigenvalue weighted by Crippen LogP contribution is 2.40. The van der Waals surface area contributed by atoms with E-state index in [1.54, 1.807) is 28.5 Å². The van der Waals surface area contributed by atoms with Gasteiger partial charge in [-0.3, -0.25) is 14.9 Å². The van der Waals surface area contributed by atoms with Gasteiger partial charge < -0.3 is 16.4 Å². The minimum atomic E-state index is -0.0497. The first-order valence-corrected chi connectivity index (χ1v) is 11.6. The average molecular weight is 462 g/mol. The predicted octanol–water partition coefficient (Wildman–Crippen LogP) is 1.35. The molecule has 0 radical (unpaired) electrons. The summed E-state index contributed by atoms with van der Waals surface area (Å²) in [7, 11) is 1.87. The average Bonchev–Trinajstić information content (AvgIpc) is 3.41. The lowest BCUT2D eigenvalue weighted by atomic mass is 9.87. The summed E-state index contributed by atoms with van der Waals surface area (Å²) in [5.74, 6) is 0.787. The predicted molar refractivity (Wildman–Crippen MR) is 129 cm³/mol. The SMILES string of the molecule is Cn1cc(CNC(=O)C2CCc3c(sc4ncnc(Nc5ccc(N)c(C=[NH2+])c5)c34)C2)cn1. The van der Waals surface area contributed by atoms with Crippen LogP contribution in [-0.2, 0) is 31.2 Å². The summed E-state index contributed by atoms with van der Waals surface area (Å²) in [6.45, 7) is 0.492. The Kier molecular flexibility index (Phi) is 5.51. The number of carbonyl (C=O) groups excluding carboxylic acids is 1. The third-order valence-corrected chi connectivity index (χ3v) is 7.13. The normalized spacial score (nSPS) is 15.2. The van der Waals surface area contributed by atoms with E-state index in [9.17, 15) is 4.79 Å². The molecule has 33 heavy (non-hydrogen) atoms. The van der Waals surface area contributed by atoms with Gasteiger partial charge in [0.05, 0.1) is 17.1 Å². The molecule has 3 aromatic heterocycles. The topological polar surface area (TPSA) is 136 Å². The molecule has 3 heterocycles. The van der Waals surface area contributed by atoms with E-state index in [1.165, 1.54) is 16.7 Å². The fourth-order valence-electron chi connectivity index (χ4n) is 4.26. The highest BCUT2D eigenvalue weighted by molar-refractivity contribution is 7.19. The number of benzene rings is 1. The summed E-state index contributed by atoms with van der Waals surface area (Å²) in [5, 5.41) is 17.3. The molecule has 4 aromatic rings. The Morgan fingerprint density at radius 3 is 3.06 bits per heavy atom.